The SMILES string of the molecule is O=C(O)CSc1nc2ccccc2n1C1CC2CCC1C2. The minimum atomic E-state index is -0.786. The Morgan fingerprint density at radius 2 is 2.19 bits per heavy atom. The smallest absolute Gasteiger partial charge is 0.313 e. The van der Waals surface area contributed by atoms with Crippen LogP contribution in [0.2, 0.25) is 0 Å². The van der Waals surface area contributed by atoms with Gasteiger partial charge in [-0.15, -0.1) is 0 Å². The summed E-state index contributed by atoms with van der Waals surface area (Å²) in [7, 11) is 0. The third-order valence-electron chi connectivity index (χ3n) is 4.92. The number of aliphatic carboxylic acids is 1. The number of aromatic nitrogens is 2. The molecule has 2 saturated carbocycles. The molecule has 0 spiro atoms. The maximum Gasteiger partial charge on any atom is 0.313 e. The molecule has 2 bridgehead atoms. The number of fused-ring (bicyclic) bond motifs is 3. The zero-order valence-corrected chi connectivity index (χ0v) is 12.6. The Bertz CT molecular complexity index is 697. The van der Waals surface area contributed by atoms with Gasteiger partial charge in [0.15, 0.2) is 5.16 Å². The maximum atomic E-state index is 10.9. The van der Waals surface area contributed by atoms with E-state index in [-0.39, 0.29) is 5.75 Å². The molecule has 0 radical (unpaired) electrons. The van der Waals surface area contributed by atoms with Crippen LogP contribution in [0.5, 0.6) is 0 Å². The van der Waals surface area contributed by atoms with Crippen LogP contribution in [0.4, 0.5) is 0 Å². The van der Waals surface area contributed by atoms with Crippen molar-refractivity contribution >= 4 is 28.8 Å². The van der Waals surface area contributed by atoms with Gasteiger partial charge in [-0.2, -0.15) is 0 Å². The molecule has 4 nitrogen and oxygen atoms in total. The molecule has 1 aromatic carbocycles. The number of carboxylic acid groups (broad SMARTS) is 1. The standard InChI is InChI=1S/C16H18N2O2S/c19-15(20)9-21-16-17-12-3-1-2-4-13(12)18(16)14-8-10-5-6-11(14)7-10/h1-4,10-11,14H,5-9H2,(H,19,20). The summed E-state index contributed by atoms with van der Waals surface area (Å²) in [5, 5.41) is 9.82. The lowest BCUT2D eigenvalue weighted by molar-refractivity contribution is -0.133. The molecule has 0 saturated heterocycles. The third kappa shape index (κ3) is 2.24. The molecule has 3 unspecified atom stereocenters. The van der Waals surface area contributed by atoms with Crippen molar-refractivity contribution < 1.29 is 9.90 Å². The van der Waals surface area contributed by atoms with Gasteiger partial charge < -0.3 is 9.67 Å². The van der Waals surface area contributed by atoms with E-state index >= 15 is 0 Å². The zero-order chi connectivity index (χ0) is 14.4. The second-order valence-corrected chi connectivity index (χ2v) is 7.12. The van der Waals surface area contributed by atoms with Gasteiger partial charge in [-0.05, 0) is 43.2 Å². The third-order valence-corrected chi connectivity index (χ3v) is 5.86. The second-order valence-electron chi connectivity index (χ2n) is 6.18. The normalized spacial score (nSPS) is 27.5. The summed E-state index contributed by atoms with van der Waals surface area (Å²) in [6.45, 7) is 0. The highest BCUT2D eigenvalue weighted by Crippen LogP contribution is 2.52. The van der Waals surface area contributed by atoms with Crippen LogP contribution >= 0.6 is 11.8 Å². The largest absolute Gasteiger partial charge is 0.481 e. The maximum absolute atomic E-state index is 10.9. The van der Waals surface area contributed by atoms with Gasteiger partial charge in [0.05, 0.1) is 16.8 Å². The van der Waals surface area contributed by atoms with Crippen molar-refractivity contribution in [2.75, 3.05) is 5.75 Å². The van der Waals surface area contributed by atoms with Crippen molar-refractivity contribution in [3.63, 3.8) is 0 Å². The molecule has 2 aliphatic carbocycles. The van der Waals surface area contributed by atoms with Crippen LogP contribution in [0.1, 0.15) is 31.7 Å². The van der Waals surface area contributed by atoms with E-state index in [1.165, 1.54) is 37.4 Å². The number of para-hydroxylation sites is 2. The van der Waals surface area contributed by atoms with Crippen LogP contribution in [-0.4, -0.2) is 26.4 Å². The van der Waals surface area contributed by atoms with Gasteiger partial charge in [-0.25, -0.2) is 4.98 Å². The topological polar surface area (TPSA) is 55.1 Å². The lowest BCUT2D eigenvalue weighted by atomic mass is 9.95. The molecular formula is C16H18N2O2S. The van der Waals surface area contributed by atoms with Gasteiger partial charge in [0.1, 0.15) is 0 Å². The average molecular weight is 302 g/mol. The van der Waals surface area contributed by atoms with E-state index in [4.69, 9.17) is 5.11 Å². The summed E-state index contributed by atoms with van der Waals surface area (Å²) < 4.78 is 2.33. The lowest BCUT2D eigenvalue weighted by Crippen LogP contribution is -2.17. The Morgan fingerprint density at radius 3 is 2.90 bits per heavy atom. The summed E-state index contributed by atoms with van der Waals surface area (Å²) in [4.78, 5) is 15.6. The first kappa shape index (κ1) is 13.2. The number of carboxylic acids is 1. The first-order valence-electron chi connectivity index (χ1n) is 7.54. The van der Waals surface area contributed by atoms with Gasteiger partial charge >= 0.3 is 5.97 Å². The van der Waals surface area contributed by atoms with Crippen LogP contribution in [0.25, 0.3) is 11.0 Å². The molecule has 1 heterocycles. The lowest BCUT2D eigenvalue weighted by Gasteiger charge is -2.25. The van der Waals surface area contributed by atoms with Crippen LogP contribution in [0.15, 0.2) is 29.4 Å². The van der Waals surface area contributed by atoms with Crippen molar-refractivity contribution in [2.24, 2.45) is 11.8 Å². The molecule has 2 aliphatic rings. The van der Waals surface area contributed by atoms with Gasteiger partial charge in [0.2, 0.25) is 0 Å². The van der Waals surface area contributed by atoms with E-state index in [1.807, 2.05) is 18.2 Å². The van der Waals surface area contributed by atoms with Gasteiger partial charge in [0.25, 0.3) is 0 Å². The molecule has 110 valence electrons. The van der Waals surface area contributed by atoms with Gasteiger partial charge in [-0.3, -0.25) is 4.79 Å². The van der Waals surface area contributed by atoms with Crippen LogP contribution in [0.3, 0.4) is 0 Å². The summed E-state index contributed by atoms with van der Waals surface area (Å²) in [6.07, 6.45) is 5.24. The Labute approximate surface area is 127 Å². The minimum absolute atomic E-state index is 0.0735. The fraction of sp³-hybridized carbons (Fsp3) is 0.500. The predicted molar refractivity (Wildman–Crippen MR) is 82.6 cm³/mol. The molecule has 2 aromatic rings. The molecule has 1 aromatic heterocycles. The van der Waals surface area contributed by atoms with Crippen LogP contribution in [-0.2, 0) is 4.79 Å². The Morgan fingerprint density at radius 1 is 1.33 bits per heavy atom. The number of hydrogen-bond donors (Lipinski definition) is 1. The fourth-order valence-electron chi connectivity index (χ4n) is 4.10. The van der Waals surface area contributed by atoms with Crippen LogP contribution < -0.4 is 0 Å². The first-order chi connectivity index (χ1) is 10.2. The van der Waals surface area contributed by atoms with Crippen molar-refractivity contribution in [2.45, 2.75) is 36.9 Å². The molecule has 2 fully saturated rings. The van der Waals surface area contributed by atoms with Gasteiger partial charge in [0, 0.05) is 6.04 Å². The number of imidazole rings is 1. The summed E-state index contributed by atoms with van der Waals surface area (Å²) in [5.74, 6) is 0.895. The van der Waals surface area contributed by atoms with E-state index in [9.17, 15) is 4.79 Å². The van der Waals surface area contributed by atoms with Crippen molar-refractivity contribution in [3.05, 3.63) is 24.3 Å². The molecule has 4 rings (SSSR count). The zero-order valence-electron chi connectivity index (χ0n) is 11.7. The highest BCUT2D eigenvalue weighted by molar-refractivity contribution is 7.99. The number of benzene rings is 1. The highest BCUT2D eigenvalue weighted by atomic mass is 32.2. The fourth-order valence-corrected chi connectivity index (χ4v) is 4.89. The minimum Gasteiger partial charge on any atom is -0.481 e. The molecule has 1 N–H and O–H groups in total. The van der Waals surface area contributed by atoms with Crippen molar-refractivity contribution in [1.29, 1.82) is 0 Å². The first-order valence-corrected chi connectivity index (χ1v) is 8.52. The Kier molecular flexibility index (Phi) is 3.17. The molecule has 3 atom stereocenters. The van der Waals surface area contributed by atoms with Crippen molar-refractivity contribution in [1.82, 2.24) is 9.55 Å². The number of carbonyl (C=O) groups is 1. The monoisotopic (exact) mass is 302 g/mol. The molecule has 5 heteroatoms. The molecular weight excluding hydrogens is 284 g/mol. The van der Waals surface area contributed by atoms with Crippen LogP contribution in [0, 0.1) is 11.8 Å². The van der Waals surface area contributed by atoms with E-state index in [0.717, 1.165) is 28.0 Å². The number of nitrogens with zero attached hydrogens (tertiary/aromatic N) is 2. The van der Waals surface area contributed by atoms with E-state index in [0.29, 0.717) is 6.04 Å². The number of hydrogen-bond acceptors (Lipinski definition) is 3. The highest BCUT2D eigenvalue weighted by Gasteiger charge is 2.41. The number of thioether (sulfide) groups is 1. The molecule has 21 heavy (non-hydrogen) atoms. The van der Waals surface area contributed by atoms with E-state index in [1.54, 1.807) is 0 Å². The summed E-state index contributed by atoms with van der Waals surface area (Å²) >= 11 is 1.35. The summed E-state index contributed by atoms with van der Waals surface area (Å²) in [6, 6.07) is 8.67. The second kappa shape index (κ2) is 5.05. The Hall–Kier alpha value is -1.49. The number of rotatable bonds is 4. The quantitative estimate of drug-likeness (QED) is 0.877. The Balaban J connectivity index is 1.77. The van der Waals surface area contributed by atoms with Gasteiger partial charge in [-0.1, -0.05) is 30.3 Å². The van der Waals surface area contributed by atoms with E-state index < -0.39 is 5.97 Å². The summed E-state index contributed by atoms with van der Waals surface area (Å²) in [5.41, 5.74) is 2.14. The van der Waals surface area contributed by atoms with E-state index in [2.05, 4.69) is 15.6 Å². The molecule has 0 amide bonds. The average Bonchev–Trinajstić information content (AvgIpc) is 3.17. The van der Waals surface area contributed by atoms with Crippen molar-refractivity contribution in [3.8, 4) is 0 Å². The molecule has 0 aliphatic heterocycles. The predicted octanol–water partition coefficient (Wildman–Crippen LogP) is 3.57.